The number of benzene rings is 4. The fourth-order valence-electron chi connectivity index (χ4n) is 5.01. The Balaban J connectivity index is 1.52. The lowest BCUT2D eigenvalue weighted by molar-refractivity contribution is -0.660. The van der Waals surface area contributed by atoms with Crippen LogP contribution in [0.3, 0.4) is 0 Å². The van der Waals surface area contributed by atoms with Gasteiger partial charge in [0.1, 0.15) is 24.3 Å². The molecule has 0 saturated heterocycles. The van der Waals surface area contributed by atoms with Crippen LogP contribution in [0.1, 0.15) is 20.8 Å². The Kier molecular flexibility index (Phi) is 4.41. The number of nitriles is 1. The standard InChI is InChI=1S/C33H25N2O/c1-21-9-18-30(35(3)20-21)31-22(2)10-15-28-27-17-16-26(29(19-34)32(27)36-33(28)31)25-13-11-24(12-14-25)23-7-5-4-6-8-23/h4-18,20H,1-3H3/q+1/i1D3. The number of rotatable bonds is 3. The second-order valence-corrected chi connectivity index (χ2v) is 9.07. The number of furan rings is 1. The molecule has 0 saturated carbocycles. The molecule has 3 heteroatoms. The minimum atomic E-state index is -2.19. The summed E-state index contributed by atoms with van der Waals surface area (Å²) in [6.45, 7) is -0.182. The minimum Gasteiger partial charge on any atom is -0.454 e. The van der Waals surface area contributed by atoms with Gasteiger partial charge in [0.05, 0.1) is 5.56 Å². The zero-order valence-electron chi connectivity index (χ0n) is 23.0. The van der Waals surface area contributed by atoms with Crippen molar-refractivity contribution in [3.05, 3.63) is 114 Å². The maximum Gasteiger partial charge on any atom is 0.216 e. The fraction of sp³-hybridized carbons (Fsp3) is 0.0909. The highest BCUT2D eigenvalue weighted by Gasteiger charge is 2.22. The number of aryl methyl sites for hydroxylation is 3. The largest absolute Gasteiger partial charge is 0.454 e. The molecule has 0 aliphatic heterocycles. The van der Waals surface area contributed by atoms with E-state index >= 15 is 0 Å². The molecule has 0 amide bonds. The van der Waals surface area contributed by atoms with Gasteiger partial charge in [-0.15, -0.1) is 0 Å². The van der Waals surface area contributed by atoms with Crippen molar-refractivity contribution < 1.29 is 13.1 Å². The number of nitrogens with zero attached hydrogens (tertiary/aromatic N) is 2. The molecule has 0 N–H and O–H groups in total. The summed E-state index contributed by atoms with van der Waals surface area (Å²) in [5, 5.41) is 12.0. The molecule has 36 heavy (non-hydrogen) atoms. The molecule has 4 aromatic carbocycles. The van der Waals surface area contributed by atoms with Crippen molar-refractivity contribution in [2.24, 2.45) is 7.05 Å². The van der Waals surface area contributed by atoms with Crippen LogP contribution in [0.4, 0.5) is 0 Å². The van der Waals surface area contributed by atoms with Crippen molar-refractivity contribution in [2.75, 3.05) is 0 Å². The predicted octanol–water partition coefficient (Wildman–Crippen LogP) is 7.90. The fourth-order valence-corrected chi connectivity index (χ4v) is 5.01. The van der Waals surface area contributed by atoms with Gasteiger partial charge in [-0.1, -0.05) is 72.8 Å². The number of aromatic nitrogens is 1. The zero-order chi connectivity index (χ0) is 27.3. The first-order valence-corrected chi connectivity index (χ1v) is 11.8. The first-order chi connectivity index (χ1) is 18.8. The molecule has 172 valence electrons. The van der Waals surface area contributed by atoms with E-state index in [1.807, 2.05) is 79.2 Å². The van der Waals surface area contributed by atoms with Crippen molar-refractivity contribution in [3.8, 4) is 39.6 Å². The van der Waals surface area contributed by atoms with E-state index in [0.717, 1.165) is 49.8 Å². The summed E-state index contributed by atoms with van der Waals surface area (Å²) in [5.41, 5.74) is 8.70. The Morgan fingerprint density at radius 1 is 0.778 bits per heavy atom. The highest BCUT2D eigenvalue weighted by Crippen LogP contribution is 2.40. The SMILES string of the molecule is [2H]C([2H])([2H])c1ccc(-c2c(C)ccc3c2oc2c(C#N)c(-c4ccc(-c5ccccc5)cc4)ccc23)[n+](C)c1. The third kappa shape index (κ3) is 3.47. The van der Waals surface area contributed by atoms with E-state index in [1.54, 1.807) is 12.3 Å². The smallest absolute Gasteiger partial charge is 0.216 e. The van der Waals surface area contributed by atoms with Gasteiger partial charge >= 0.3 is 0 Å². The van der Waals surface area contributed by atoms with Crippen LogP contribution in [-0.4, -0.2) is 0 Å². The van der Waals surface area contributed by atoms with E-state index in [0.29, 0.717) is 16.7 Å². The van der Waals surface area contributed by atoms with Crippen LogP contribution in [-0.2, 0) is 7.05 Å². The topological polar surface area (TPSA) is 40.8 Å². The summed E-state index contributed by atoms with van der Waals surface area (Å²) < 4.78 is 31.6. The lowest BCUT2D eigenvalue weighted by atomic mass is 9.95. The average Bonchev–Trinajstić information content (AvgIpc) is 3.31. The van der Waals surface area contributed by atoms with Crippen LogP contribution in [0.2, 0.25) is 0 Å². The number of fused-ring (bicyclic) bond motifs is 3. The van der Waals surface area contributed by atoms with Gasteiger partial charge < -0.3 is 4.42 Å². The van der Waals surface area contributed by atoms with Gasteiger partial charge in [0.25, 0.3) is 0 Å². The van der Waals surface area contributed by atoms with Crippen LogP contribution in [0.25, 0.3) is 55.4 Å². The molecule has 6 rings (SSSR count). The molecule has 0 unspecified atom stereocenters. The Labute approximate surface area is 214 Å². The maximum absolute atomic E-state index is 10.3. The van der Waals surface area contributed by atoms with Crippen LogP contribution in [0, 0.1) is 25.1 Å². The molecule has 0 atom stereocenters. The Hall–Kier alpha value is -4.68. The third-order valence-corrected chi connectivity index (χ3v) is 6.82. The molecule has 0 aliphatic carbocycles. The van der Waals surface area contributed by atoms with Crippen molar-refractivity contribution in [3.63, 3.8) is 0 Å². The van der Waals surface area contributed by atoms with Crippen molar-refractivity contribution in [1.29, 1.82) is 5.26 Å². The van der Waals surface area contributed by atoms with Crippen LogP contribution in [0.5, 0.6) is 0 Å². The molecular weight excluding hydrogens is 440 g/mol. The van der Waals surface area contributed by atoms with Crippen molar-refractivity contribution >= 4 is 21.9 Å². The van der Waals surface area contributed by atoms with E-state index in [9.17, 15) is 5.26 Å². The van der Waals surface area contributed by atoms with Crippen LogP contribution >= 0.6 is 0 Å². The second-order valence-electron chi connectivity index (χ2n) is 9.07. The van der Waals surface area contributed by atoms with Gasteiger partial charge in [-0.25, -0.2) is 4.57 Å². The van der Waals surface area contributed by atoms with Gasteiger partial charge in [0, 0.05) is 32.1 Å². The van der Waals surface area contributed by atoms with E-state index < -0.39 is 6.85 Å². The second kappa shape index (κ2) is 8.52. The molecule has 0 spiro atoms. The first-order valence-electron chi connectivity index (χ1n) is 13.3. The summed E-state index contributed by atoms with van der Waals surface area (Å²) in [4.78, 5) is 0. The molecule has 6 aromatic rings. The van der Waals surface area contributed by atoms with Gasteiger partial charge in [0.15, 0.2) is 11.8 Å². The summed E-state index contributed by atoms with van der Waals surface area (Å²) in [5.74, 6) is 0. The first kappa shape index (κ1) is 18.6. The summed E-state index contributed by atoms with van der Waals surface area (Å²) in [7, 11) is 1.84. The van der Waals surface area contributed by atoms with E-state index in [2.05, 4.69) is 30.3 Å². The van der Waals surface area contributed by atoms with Crippen LogP contribution < -0.4 is 4.57 Å². The van der Waals surface area contributed by atoms with Crippen molar-refractivity contribution in [1.82, 2.24) is 0 Å². The van der Waals surface area contributed by atoms with Gasteiger partial charge in [0.2, 0.25) is 5.69 Å². The summed E-state index contributed by atoms with van der Waals surface area (Å²) in [6, 6.07) is 32.3. The molecule has 2 aromatic heterocycles. The predicted molar refractivity (Wildman–Crippen MR) is 145 cm³/mol. The van der Waals surface area contributed by atoms with Gasteiger partial charge in [-0.3, -0.25) is 0 Å². The monoisotopic (exact) mass is 468 g/mol. The quantitative estimate of drug-likeness (QED) is 0.248. The van der Waals surface area contributed by atoms with Crippen molar-refractivity contribution in [2.45, 2.75) is 13.8 Å². The molecule has 3 nitrogen and oxygen atoms in total. The van der Waals surface area contributed by atoms with Gasteiger partial charge in [-0.05, 0) is 48.2 Å². The number of hydrogen-bond acceptors (Lipinski definition) is 2. The third-order valence-electron chi connectivity index (χ3n) is 6.82. The molecule has 2 heterocycles. The molecule has 0 fully saturated rings. The molecule has 0 bridgehead atoms. The molecule has 0 aliphatic rings. The normalized spacial score (nSPS) is 12.8. The average molecular weight is 469 g/mol. The summed E-state index contributed by atoms with van der Waals surface area (Å²) in [6.07, 6.45) is 1.64. The maximum atomic E-state index is 10.3. The van der Waals surface area contributed by atoms with Crippen LogP contribution in [0.15, 0.2) is 102 Å². The molecule has 0 radical (unpaired) electrons. The van der Waals surface area contributed by atoms with E-state index in [4.69, 9.17) is 8.53 Å². The minimum absolute atomic E-state index is 0.276. The lowest BCUT2D eigenvalue weighted by Crippen LogP contribution is -2.31. The Morgan fingerprint density at radius 3 is 2.19 bits per heavy atom. The zero-order valence-corrected chi connectivity index (χ0v) is 20.0. The van der Waals surface area contributed by atoms with E-state index in [-0.39, 0.29) is 5.56 Å². The summed E-state index contributed by atoms with van der Waals surface area (Å²) >= 11 is 0. The number of hydrogen-bond donors (Lipinski definition) is 0. The highest BCUT2D eigenvalue weighted by molar-refractivity contribution is 6.12. The highest BCUT2D eigenvalue weighted by atomic mass is 16.3. The Morgan fingerprint density at radius 2 is 1.47 bits per heavy atom. The number of pyridine rings is 1. The lowest BCUT2D eigenvalue weighted by Gasteiger charge is -2.07. The van der Waals surface area contributed by atoms with E-state index in [1.165, 1.54) is 0 Å². The molecular formula is C33H25N2O+. The van der Waals surface area contributed by atoms with Gasteiger partial charge in [-0.2, -0.15) is 5.26 Å². The Bertz CT molecular complexity index is 1910.